The molecule has 9 heteroatoms. The van der Waals surface area contributed by atoms with Gasteiger partial charge in [0, 0.05) is 26.2 Å². The summed E-state index contributed by atoms with van der Waals surface area (Å²) in [6.07, 6.45) is -0.702. The molecule has 0 bridgehead atoms. The van der Waals surface area contributed by atoms with E-state index in [-0.39, 0.29) is 30.9 Å². The van der Waals surface area contributed by atoms with Crippen LogP contribution in [-0.2, 0) is 9.59 Å². The molecule has 2 aromatic carbocycles. The second-order valence-corrected chi connectivity index (χ2v) is 7.68. The van der Waals surface area contributed by atoms with Crippen molar-refractivity contribution in [3.05, 3.63) is 54.1 Å². The van der Waals surface area contributed by atoms with Crippen molar-refractivity contribution in [3.8, 4) is 17.2 Å². The number of ether oxygens (including phenoxy) is 3. The van der Waals surface area contributed by atoms with E-state index in [4.69, 9.17) is 14.2 Å². The standard InChI is InChI=1S/C24H27N3O6/c1-2-31-18-8-4-3-7-17(18)23(29)25-15-22(28)26-11-13-27(14-12-26)24(30)21-16-32-19-9-5-6-10-20(19)33-21/h3-10,21H,2,11-16H2,1H3,(H,25,29). The number of carbonyl (C=O) groups excluding carboxylic acids is 3. The van der Waals surface area contributed by atoms with Crippen LogP contribution in [0, 0.1) is 0 Å². The van der Waals surface area contributed by atoms with Crippen molar-refractivity contribution < 1.29 is 28.6 Å². The molecule has 2 aliphatic heterocycles. The normalized spacial score (nSPS) is 17.3. The van der Waals surface area contributed by atoms with E-state index in [2.05, 4.69) is 5.32 Å². The number of benzene rings is 2. The molecule has 2 aliphatic rings. The molecule has 3 amide bonds. The van der Waals surface area contributed by atoms with Gasteiger partial charge in [-0.05, 0) is 31.2 Å². The van der Waals surface area contributed by atoms with E-state index < -0.39 is 6.10 Å². The largest absolute Gasteiger partial charge is 0.493 e. The predicted octanol–water partition coefficient (Wildman–Crippen LogP) is 1.33. The van der Waals surface area contributed by atoms with Crippen molar-refractivity contribution in [1.82, 2.24) is 15.1 Å². The lowest BCUT2D eigenvalue weighted by atomic mass is 10.2. The summed E-state index contributed by atoms with van der Waals surface area (Å²) in [5, 5.41) is 2.66. The zero-order valence-electron chi connectivity index (χ0n) is 18.5. The molecule has 1 saturated heterocycles. The minimum absolute atomic E-state index is 0.121. The van der Waals surface area contributed by atoms with E-state index in [1.165, 1.54) is 0 Å². The van der Waals surface area contributed by atoms with Crippen LogP contribution in [-0.4, -0.2) is 79.6 Å². The third-order valence-electron chi connectivity index (χ3n) is 5.56. The molecular formula is C24H27N3O6. The number of amides is 3. The van der Waals surface area contributed by atoms with E-state index in [0.29, 0.717) is 55.6 Å². The number of carbonyl (C=O) groups is 3. The minimum atomic E-state index is -0.702. The van der Waals surface area contributed by atoms with Gasteiger partial charge in [0.25, 0.3) is 11.8 Å². The SMILES string of the molecule is CCOc1ccccc1C(=O)NCC(=O)N1CCN(C(=O)C2COc3ccccc3O2)CC1. The van der Waals surface area contributed by atoms with Crippen molar-refractivity contribution in [2.24, 2.45) is 0 Å². The van der Waals surface area contributed by atoms with Gasteiger partial charge in [0.05, 0.1) is 18.7 Å². The molecule has 0 aromatic heterocycles. The maximum Gasteiger partial charge on any atom is 0.267 e. The first-order chi connectivity index (χ1) is 16.1. The maximum atomic E-state index is 12.8. The smallest absolute Gasteiger partial charge is 0.267 e. The van der Waals surface area contributed by atoms with Crippen LogP contribution in [0.3, 0.4) is 0 Å². The number of para-hydroxylation sites is 3. The summed E-state index contributed by atoms with van der Waals surface area (Å²) in [5.41, 5.74) is 0.388. The van der Waals surface area contributed by atoms with Crippen molar-refractivity contribution >= 4 is 17.7 Å². The molecule has 4 rings (SSSR count). The van der Waals surface area contributed by atoms with Gasteiger partial charge in [0.2, 0.25) is 12.0 Å². The Hall–Kier alpha value is -3.75. The van der Waals surface area contributed by atoms with E-state index in [0.717, 1.165) is 0 Å². The number of nitrogens with one attached hydrogen (secondary N) is 1. The first kappa shape index (κ1) is 22.4. The molecule has 0 aliphatic carbocycles. The molecule has 1 N–H and O–H groups in total. The molecule has 174 valence electrons. The molecule has 0 spiro atoms. The Labute approximate surface area is 192 Å². The Kier molecular flexibility index (Phi) is 6.97. The van der Waals surface area contributed by atoms with E-state index in [1.807, 2.05) is 19.1 Å². The molecule has 0 radical (unpaired) electrons. The summed E-state index contributed by atoms with van der Waals surface area (Å²) >= 11 is 0. The number of nitrogens with zero attached hydrogens (tertiary/aromatic N) is 2. The monoisotopic (exact) mass is 453 g/mol. The van der Waals surface area contributed by atoms with Gasteiger partial charge in [-0.15, -0.1) is 0 Å². The zero-order chi connectivity index (χ0) is 23.2. The fourth-order valence-corrected chi connectivity index (χ4v) is 3.82. The number of rotatable bonds is 6. The van der Waals surface area contributed by atoms with E-state index in [1.54, 1.807) is 46.2 Å². The Morgan fingerprint density at radius 2 is 1.64 bits per heavy atom. The molecule has 0 saturated carbocycles. The van der Waals surface area contributed by atoms with Gasteiger partial charge in [-0.1, -0.05) is 24.3 Å². The molecule has 9 nitrogen and oxygen atoms in total. The summed E-state index contributed by atoms with van der Waals surface area (Å²) in [7, 11) is 0. The van der Waals surface area contributed by atoms with Crippen LogP contribution in [0.15, 0.2) is 48.5 Å². The molecule has 2 heterocycles. The lowest BCUT2D eigenvalue weighted by Gasteiger charge is -2.37. The van der Waals surface area contributed by atoms with Gasteiger partial charge in [-0.3, -0.25) is 14.4 Å². The van der Waals surface area contributed by atoms with E-state index >= 15 is 0 Å². The van der Waals surface area contributed by atoms with Gasteiger partial charge >= 0.3 is 0 Å². The van der Waals surface area contributed by atoms with E-state index in [9.17, 15) is 14.4 Å². The lowest BCUT2D eigenvalue weighted by Crippen LogP contribution is -2.56. The predicted molar refractivity (Wildman–Crippen MR) is 119 cm³/mol. The summed E-state index contributed by atoms with van der Waals surface area (Å²) in [6.45, 7) is 3.89. The van der Waals surface area contributed by atoms with Crippen LogP contribution in [0.4, 0.5) is 0 Å². The van der Waals surface area contributed by atoms with Gasteiger partial charge in [0.1, 0.15) is 12.4 Å². The van der Waals surface area contributed by atoms with Crippen LogP contribution in [0.25, 0.3) is 0 Å². The summed E-state index contributed by atoms with van der Waals surface area (Å²) in [4.78, 5) is 41.3. The first-order valence-corrected chi connectivity index (χ1v) is 11.0. The third-order valence-corrected chi connectivity index (χ3v) is 5.56. The highest BCUT2D eigenvalue weighted by Gasteiger charge is 2.33. The second-order valence-electron chi connectivity index (χ2n) is 7.68. The fourth-order valence-electron chi connectivity index (χ4n) is 3.82. The topological polar surface area (TPSA) is 97.4 Å². The molecule has 33 heavy (non-hydrogen) atoms. The highest BCUT2D eigenvalue weighted by molar-refractivity contribution is 5.98. The highest BCUT2D eigenvalue weighted by Crippen LogP contribution is 2.31. The molecule has 1 fully saturated rings. The fraction of sp³-hybridized carbons (Fsp3) is 0.375. The van der Waals surface area contributed by atoms with Gasteiger partial charge < -0.3 is 29.3 Å². The van der Waals surface area contributed by atoms with Crippen LogP contribution in [0.2, 0.25) is 0 Å². The Morgan fingerprint density at radius 3 is 2.39 bits per heavy atom. The van der Waals surface area contributed by atoms with Crippen molar-refractivity contribution in [3.63, 3.8) is 0 Å². The van der Waals surface area contributed by atoms with Crippen molar-refractivity contribution in [2.45, 2.75) is 13.0 Å². The van der Waals surface area contributed by atoms with Gasteiger partial charge in [-0.2, -0.15) is 0 Å². The average Bonchev–Trinajstić information content (AvgIpc) is 2.87. The summed E-state index contributed by atoms with van der Waals surface area (Å²) in [5.74, 6) is 0.943. The summed E-state index contributed by atoms with van der Waals surface area (Å²) < 4.78 is 16.9. The lowest BCUT2D eigenvalue weighted by molar-refractivity contribution is -0.146. The highest BCUT2D eigenvalue weighted by atomic mass is 16.6. The minimum Gasteiger partial charge on any atom is -0.493 e. The van der Waals surface area contributed by atoms with Crippen molar-refractivity contribution in [1.29, 1.82) is 0 Å². The van der Waals surface area contributed by atoms with Crippen LogP contribution >= 0.6 is 0 Å². The second kappa shape index (κ2) is 10.2. The van der Waals surface area contributed by atoms with Crippen LogP contribution in [0.5, 0.6) is 17.2 Å². The first-order valence-electron chi connectivity index (χ1n) is 11.0. The van der Waals surface area contributed by atoms with Crippen LogP contribution < -0.4 is 19.5 Å². The number of hydrogen-bond acceptors (Lipinski definition) is 6. The molecule has 1 atom stereocenters. The third kappa shape index (κ3) is 5.19. The Morgan fingerprint density at radius 1 is 0.970 bits per heavy atom. The Balaban J connectivity index is 1.25. The summed E-state index contributed by atoms with van der Waals surface area (Å²) in [6, 6.07) is 14.2. The average molecular weight is 453 g/mol. The quantitative estimate of drug-likeness (QED) is 0.709. The number of piperazine rings is 1. The van der Waals surface area contributed by atoms with Gasteiger partial charge in [0.15, 0.2) is 11.5 Å². The molecule has 1 unspecified atom stereocenters. The molecule has 2 aromatic rings. The maximum absolute atomic E-state index is 12.8. The van der Waals surface area contributed by atoms with Crippen LogP contribution in [0.1, 0.15) is 17.3 Å². The van der Waals surface area contributed by atoms with Gasteiger partial charge in [-0.25, -0.2) is 0 Å². The number of fused-ring (bicyclic) bond motifs is 1. The molecular weight excluding hydrogens is 426 g/mol. The zero-order valence-corrected chi connectivity index (χ0v) is 18.5. The Bertz CT molecular complexity index is 1020. The number of hydrogen-bond donors (Lipinski definition) is 1. The van der Waals surface area contributed by atoms with Crippen molar-refractivity contribution in [2.75, 3.05) is 45.9 Å².